The Bertz CT molecular complexity index is 491. The molecule has 0 spiro atoms. The molecule has 1 aliphatic rings. The van der Waals surface area contributed by atoms with E-state index in [0.29, 0.717) is 18.7 Å². The topological polar surface area (TPSA) is 57.6 Å². The Kier molecular flexibility index (Phi) is 4.70. The standard InChI is InChI=1S/C15H19NO3S/c1-10(9-20)14(17)16-8-12(7-13(16)15(18)19)11-5-3-2-4-6-11/h2-6,10,12-13,20H,7-9H2,1H3,(H,18,19)/t10-,12-,13+/m1/s1. The summed E-state index contributed by atoms with van der Waals surface area (Å²) in [5, 5.41) is 9.34. The molecule has 3 atom stereocenters. The van der Waals surface area contributed by atoms with Crippen LogP contribution < -0.4 is 0 Å². The molecular formula is C15H19NO3S. The molecule has 4 nitrogen and oxygen atoms in total. The highest BCUT2D eigenvalue weighted by Crippen LogP contribution is 2.32. The van der Waals surface area contributed by atoms with Crippen LogP contribution in [0.1, 0.15) is 24.8 Å². The average Bonchev–Trinajstić information content (AvgIpc) is 2.92. The van der Waals surface area contributed by atoms with E-state index in [9.17, 15) is 14.7 Å². The second-order valence-electron chi connectivity index (χ2n) is 5.27. The van der Waals surface area contributed by atoms with Crippen molar-refractivity contribution in [2.45, 2.75) is 25.3 Å². The van der Waals surface area contributed by atoms with E-state index >= 15 is 0 Å². The van der Waals surface area contributed by atoms with Gasteiger partial charge in [0.05, 0.1) is 0 Å². The maximum atomic E-state index is 12.3. The predicted molar refractivity (Wildman–Crippen MR) is 80.0 cm³/mol. The summed E-state index contributed by atoms with van der Waals surface area (Å²) in [6.07, 6.45) is 0.477. The molecule has 0 radical (unpaired) electrons. The lowest BCUT2D eigenvalue weighted by atomic mass is 9.96. The monoisotopic (exact) mass is 293 g/mol. The Morgan fingerprint density at radius 2 is 2.05 bits per heavy atom. The van der Waals surface area contributed by atoms with Crippen LogP contribution in [0.2, 0.25) is 0 Å². The molecule has 0 unspecified atom stereocenters. The minimum atomic E-state index is -0.928. The lowest BCUT2D eigenvalue weighted by molar-refractivity contribution is -0.149. The highest BCUT2D eigenvalue weighted by Gasteiger charge is 2.40. The zero-order valence-electron chi connectivity index (χ0n) is 11.4. The van der Waals surface area contributed by atoms with E-state index < -0.39 is 12.0 Å². The maximum absolute atomic E-state index is 12.3. The van der Waals surface area contributed by atoms with Gasteiger partial charge in [0.25, 0.3) is 0 Å². The fourth-order valence-electron chi connectivity index (χ4n) is 2.64. The van der Waals surface area contributed by atoms with Crippen LogP contribution in [0, 0.1) is 5.92 Å². The summed E-state index contributed by atoms with van der Waals surface area (Å²) in [5.41, 5.74) is 1.09. The second-order valence-corrected chi connectivity index (χ2v) is 5.64. The number of likely N-dealkylation sites (tertiary alicyclic amines) is 1. The molecule has 5 heteroatoms. The van der Waals surface area contributed by atoms with Gasteiger partial charge in [-0.1, -0.05) is 37.3 Å². The number of amides is 1. The number of rotatable bonds is 4. The van der Waals surface area contributed by atoms with Crippen LogP contribution in [-0.2, 0) is 9.59 Å². The molecule has 1 aromatic rings. The van der Waals surface area contributed by atoms with Crippen LogP contribution in [0.25, 0.3) is 0 Å². The molecule has 1 N–H and O–H groups in total. The van der Waals surface area contributed by atoms with Gasteiger partial charge in [0.2, 0.25) is 5.91 Å². The Morgan fingerprint density at radius 1 is 1.40 bits per heavy atom. The minimum absolute atomic E-state index is 0.0911. The van der Waals surface area contributed by atoms with E-state index in [2.05, 4.69) is 12.6 Å². The Labute approximate surface area is 124 Å². The lowest BCUT2D eigenvalue weighted by Crippen LogP contribution is -2.43. The fraction of sp³-hybridized carbons (Fsp3) is 0.467. The highest BCUT2D eigenvalue weighted by molar-refractivity contribution is 7.80. The number of benzene rings is 1. The third-order valence-electron chi connectivity index (χ3n) is 3.84. The largest absolute Gasteiger partial charge is 0.480 e. The van der Waals surface area contributed by atoms with Gasteiger partial charge in [-0.3, -0.25) is 4.79 Å². The van der Waals surface area contributed by atoms with Crippen LogP contribution in [0.15, 0.2) is 30.3 Å². The number of carbonyl (C=O) groups excluding carboxylic acids is 1. The fourth-order valence-corrected chi connectivity index (χ4v) is 2.80. The molecule has 1 aromatic carbocycles. The summed E-state index contributed by atoms with van der Waals surface area (Å²) in [7, 11) is 0. The van der Waals surface area contributed by atoms with Crippen molar-refractivity contribution >= 4 is 24.5 Å². The molecule has 2 rings (SSSR count). The van der Waals surface area contributed by atoms with E-state index in [1.807, 2.05) is 30.3 Å². The molecule has 1 amide bonds. The molecule has 0 aromatic heterocycles. The van der Waals surface area contributed by atoms with E-state index in [4.69, 9.17) is 0 Å². The molecule has 0 saturated carbocycles. The van der Waals surface area contributed by atoms with Crippen molar-refractivity contribution in [1.82, 2.24) is 4.90 Å². The Hall–Kier alpha value is -1.49. The maximum Gasteiger partial charge on any atom is 0.326 e. The minimum Gasteiger partial charge on any atom is -0.480 e. The first kappa shape index (κ1) is 14.9. The first-order chi connectivity index (χ1) is 9.54. The van der Waals surface area contributed by atoms with Gasteiger partial charge in [-0.25, -0.2) is 4.79 Å². The van der Waals surface area contributed by atoms with Crippen molar-refractivity contribution < 1.29 is 14.7 Å². The number of hydrogen-bond donors (Lipinski definition) is 2. The third-order valence-corrected chi connectivity index (χ3v) is 4.38. The van der Waals surface area contributed by atoms with Crippen LogP contribution in [0.3, 0.4) is 0 Å². The second kappa shape index (κ2) is 6.31. The molecular weight excluding hydrogens is 274 g/mol. The third kappa shape index (κ3) is 2.98. The van der Waals surface area contributed by atoms with E-state index in [0.717, 1.165) is 5.56 Å². The smallest absolute Gasteiger partial charge is 0.326 e. The Balaban J connectivity index is 2.20. The first-order valence-corrected chi connectivity index (χ1v) is 7.37. The van der Waals surface area contributed by atoms with Gasteiger partial charge in [-0.05, 0) is 12.0 Å². The summed E-state index contributed by atoms with van der Waals surface area (Å²) >= 11 is 4.13. The number of hydrogen-bond acceptors (Lipinski definition) is 3. The van der Waals surface area contributed by atoms with Gasteiger partial charge in [0.15, 0.2) is 0 Å². The van der Waals surface area contributed by atoms with E-state index in [1.165, 1.54) is 4.90 Å². The normalized spacial score (nSPS) is 23.6. The van der Waals surface area contributed by atoms with Gasteiger partial charge in [0.1, 0.15) is 6.04 Å². The van der Waals surface area contributed by atoms with Gasteiger partial charge in [-0.2, -0.15) is 12.6 Å². The van der Waals surface area contributed by atoms with Crippen molar-refractivity contribution in [1.29, 1.82) is 0 Å². The van der Waals surface area contributed by atoms with Gasteiger partial charge >= 0.3 is 5.97 Å². The summed E-state index contributed by atoms with van der Waals surface area (Å²) in [6, 6.07) is 9.05. The van der Waals surface area contributed by atoms with Crippen molar-refractivity contribution in [3.63, 3.8) is 0 Å². The van der Waals surface area contributed by atoms with Crippen molar-refractivity contribution in [3.8, 4) is 0 Å². The van der Waals surface area contributed by atoms with E-state index in [1.54, 1.807) is 6.92 Å². The molecule has 108 valence electrons. The average molecular weight is 293 g/mol. The molecule has 1 saturated heterocycles. The molecule has 0 aliphatic carbocycles. The van der Waals surface area contributed by atoms with Crippen LogP contribution >= 0.6 is 12.6 Å². The summed E-state index contributed by atoms with van der Waals surface area (Å²) in [6.45, 7) is 2.25. The van der Waals surface area contributed by atoms with E-state index in [-0.39, 0.29) is 17.7 Å². The number of carbonyl (C=O) groups is 2. The zero-order chi connectivity index (χ0) is 14.7. The molecule has 1 fully saturated rings. The Morgan fingerprint density at radius 3 is 2.60 bits per heavy atom. The van der Waals surface area contributed by atoms with Crippen LogP contribution in [0.5, 0.6) is 0 Å². The molecule has 20 heavy (non-hydrogen) atoms. The highest BCUT2D eigenvalue weighted by atomic mass is 32.1. The van der Waals surface area contributed by atoms with Crippen LogP contribution in [-0.4, -0.2) is 40.2 Å². The lowest BCUT2D eigenvalue weighted by Gasteiger charge is -2.24. The number of carboxylic acid groups (broad SMARTS) is 1. The summed E-state index contributed by atoms with van der Waals surface area (Å²) in [4.78, 5) is 25.2. The number of carboxylic acids is 1. The quantitative estimate of drug-likeness (QED) is 0.835. The predicted octanol–water partition coefficient (Wildman–Crippen LogP) is 2.02. The zero-order valence-corrected chi connectivity index (χ0v) is 12.3. The molecule has 0 bridgehead atoms. The van der Waals surface area contributed by atoms with Crippen molar-refractivity contribution in [2.24, 2.45) is 5.92 Å². The van der Waals surface area contributed by atoms with Crippen molar-refractivity contribution in [3.05, 3.63) is 35.9 Å². The van der Waals surface area contributed by atoms with Gasteiger partial charge in [0, 0.05) is 24.1 Å². The first-order valence-electron chi connectivity index (χ1n) is 6.73. The molecule has 1 aliphatic heterocycles. The molecule has 1 heterocycles. The SMILES string of the molecule is C[C@H](CS)C(=O)N1C[C@H](c2ccccc2)C[C@H]1C(=O)O. The summed E-state index contributed by atoms with van der Waals surface area (Å²) < 4.78 is 0. The van der Waals surface area contributed by atoms with Gasteiger partial charge < -0.3 is 10.0 Å². The summed E-state index contributed by atoms with van der Waals surface area (Å²) in [5.74, 6) is -0.783. The number of thiol groups is 1. The number of nitrogens with zero attached hydrogens (tertiary/aromatic N) is 1. The number of aliphatic carboxylic acids is 1. The van der Waals surface area contributed by atoms with Crippen molar-refractivity contribution in [2.75, 3.05) is 12.3 Å². The van der Waals surface area contributed by atoms with Crippen LogP contribution in [0.4, 0.5) is 0 Å². The van der Waals surface area contributed by atoms with Gasteiger partial charge in [-0.15, -0.1) is 0 Å².